The predicted octanol–water partition coefficient (Wildman–Crippen LogP) is 1.93. The molecule has 1 radical (unpaired) electrons. The van der Waals surface area contributed by atoms with E-state index in [1.165, 1.54) is 0 Å². The van der Waals surface area contributed by atoms with Crippen molar-refractivity contribution in [1.29, 1.82) is 0 Å². The molecule has 1 heteroatoms. The van der Waals surface area contributed by atoms with Crippen LogP contribution in [0.4, 0.5) is 0 Å². The normalized spacial score (nSPS) is 24.5. The number of rotatable bonds is 1. The van der Waals surface area contributed by atoms with Crippen LogP contribution >= 0.6 is 0 Å². The molecule has 0 fully saturated rings. The Morgan fingerprint density at radius 2 is 2.60 bits per heavy atom. The standard InChI is InChI=1S/C9H11O/c1-2-8-3-5-9(7-10)6-4-8/h2-3,5,8H,4,6H2,1H3. The maximum atomic E-state index is 10.1. The third-order valence-corrected chi connectivity index (χ3v) is 1.85. The molecule has 0 bridgehead atoms. The molecule has 0 N–H and O–H groups in total. The van der Waals surface area contributed by atoms with E-state index in [-0.39, 0.29) is 0 Å². The Balaban J connectivity index is 2.60. The van der Waals surface area contributed by atoms with Gasteiger partial charge in [-0.1, -0.05) is 19.1 Å². The fourth-order valence-corrected chi connectivity index (χ4v) is 1.10. The molecule has 0 saturated carbocycles. The van der Waals surface area contributed by atoms with Gasteiger partial charge in [-0.2, -0.15) is 0 Å². The smallest absolute Gasteiger partial charge is 0.127 e. The summed E-state index contributed by atoms with van der Waals surface area (Å²) in [5, 5.41) is 0. The summed E-state index contributed by atoms with van der Waals surface area (Å²) < 4.78 is 0. The maximum absolute atomic E-state index is 10.1. The molecule has 10 heavy (non-hydrogen) atoms. The molecule has 0 saturated heterocycles. The van der Waals surface area contributed by atoms with Gasteiger partial charge >= 0.3 is 0 Å². The number of allylic oxidation sites excluding steroid dienone is 3. The van der Waals surface area contributed by atoms with Gasteiger partial charge in [-0.25, -0.2) is 4.79 Å². The van der Waals surface area contributed by atoms with E-state index in [2.05, 4.69) is 12.5 Å². The molecule has 0 aliphatic heterocycles. The molecular formula is C9H11O. The van der Waals surface area contributed by atoms with Crippen molar-refractivity contribution in [1.82, 2.24) is 0 Å². The molecule has 0 aromatic carbocycles. The molecular weight excluding hydrogens is 124 g/mol. The van der Waals surface area contributed by atoms with Crippen LogP contribution in [0.15, 0.2) is 17.7 Å². The SMILES string of the molecule is C[CH]C1C=CC(=C=O)CC1. The summed E-state index contributed by atoms with van der Waals surface area (Å²) in [5.74, 6) is 2.48. The van der Waals surface area contributed by atoms with Gasteiger partial charge in [-0.05, 0) is 25.2 Å². The predicted molar refractivity (Wildman–Crippen MR) is 41.0 cm³/mol. The minimum absolute atomic E-state index is 0.567. The molecule has 0 aromatic rings. The summed E-state index contributed by atoms with van der Waals surface area (Å²) >= 11 is 0. The van der Waals surface area contributed by atoms with Crippen LogP contribution in [0.3, 0.4) is 0 Å². The first-order valence-corrected chi connectivity index (χ1v) is 3.58. The van der Waals surface area contributed by atoms with Gasteiger partial charge in [0.25, 0.3) is 0 Å². The van der Waals surface area contributed by atoms with Gasteiger partial charge in [0.05, 0.1) is 0 Å². The van der Waals surface area contributed by atoms with Gasteiger partial charge in [0.2, 0.25) is 0 Å². The minimum atomic E-state index is 0.567. The third kappa shape index (κ3) is 1.58. The number of carbonyl (C=O) groups excluding carboxylic acids is 1. The second kappa shape index (κ2) is 3.38. The van der Waals surface area contributed by atoms with Crippen LogP contribution in [-0.4, -0.2) is 5.94 Å². The van der Waals surface area contributed by atoms with E-state index in [0.717, 1.165) is 18.4 Å². The van der Waals surface area contributed by atoms with Crippen LogP contribution in [0.2, 0.25) is 0 Å². The molecule has 0 heterocycles. The van der Waals surface area contributed by atoms with Crippen LogP contribution < -0.4 is 0 Å². The lowest BCUT2D eigenvalue weighted by Crippen LogP contribution is -2.01. The van der Waals surface area contributed by atoms with Crippen molar-refractivity contribution in [3.05, 3.63) is 24.1 Å². The lowest BCUT2D eigenvalue weighted by Gasteiger charge is -2.13. The monoisotopic (exact) mass is 135 g/mol. The zero-order chi connectivity index (χ0) is 7.40. The lowest BCUT2D eigenvalue weighted by molar-refractivity contribution is 0.563. The van der Waals surface area contributed by atoms with Gasteiger partial charge in [0.1, 0.15) is 5.94 Å². The van der Waals surface area contributed by atoms with Gasteiger partial charge in [-0.15, -0.1) is 0 Å². The van der Waals surface area contributed by atoms with Crippen molar-refractivity contribution in [3.63, 3.8) is 0 Å². The molecule has 1 unspecified atom stereocenters. The Hall–Kier alpha value is -0.810. The summed E-state index contributed by atoms with van der Waals surface area (Å²) in [6.07, 6.45) is 8.04. The van der Waals surface area contributed by atoms with Crippen molar-refractivity contribution in [2.45, 2.75) is 19.8 Å². The summed E-state index contributed by atoms with van der Waals surface area (Å²) in [5.41, 5.74) is 0.804. The van der Waals surface area contributed by atoms with E-state index >= 15 is 0 Å². The highest BCUT2D eigenvalue weighted by Crippen LogP contribution is 2.21. The lowest BCUT2D eigenvalue weighted by atomic mass is 9.91. The van der Waals surface area contributed by atoms with Crippen LogP contribution in [0.5, 0.6) is 0 Å². The Kier molecular flexibility index (Phi) is 2.47. The first kappa shape index (κ1) is 7.30. The fourth-order valence-electron chi connectivity index (χ4n) is 1.10. The van der Waals surface area contributed by atoms with Crippen LogP contribution in [0.1, 0.15) is 19.8 Å². The highest BCUT2D eigenvalue weighted by molar-refractivity contribution is 5.57. The zero-order valence-electron chi connectivity index (χ0n) is 6.13. The summed E-state index contributed by atoms with van der Waals surface area (Å²) in [4.78, 5) is 10.1. The number of hydrogen-bond acceptors (Lipinski definition) is 1. The molecule has 1 rings (SSSR count). The van der Waals surface area contributed by atoms with Crippen molar-refractivity contribution in [3.8, 4) is 0 Å². The van der Waals surface area contributed by atoms with E-state index in [1.807, 2.05) is 18.9 Å². The fraction of sp³-hybridized carbons (Fsp3) is 0.444. The number of hydrogen-bond donors (Lipinski definition) is 0. The Morgan fingerprint density at radius 3 is 3.00 bits per heavy atom. The Morgan fingerprint density at radius 1 is 1.80 bits per heavy atom. The van der Waals surface area contributed by atoms with Gasteiger partial charge in [0, 0.05) is 5.57 Å². The van der Waals surface area contributed by atoms with Gasteiger partial charge < -0.3 is 0 Å². The van der Waals surface area contributed by atoms with E-state index in [9.17, 15) is 4.79 Å². The third-order valence-electron chi connectivity index (χ3n) is 1.85. The molecule has 53 valence electrons. The van der Waals surface area contributed by atoms with Crippen molar-refractivity contribution in [2.24, 2.45) is 5.92 Å². The minimum Gasteiger partial charge on any atom is -0.233 e. The van der Waals surface area contributed by atoms with Gasteiger partial charge in [-0.3, -0.25) is 0 Å². The van der Waals surface area contributed by atoms with Crippen LogP contribution in [0, 0.1) is 12.3 Å². The van der Waals surface area contributed by atoms with Gasteiger partial charge in [0.15, 0.2) is 0 Å². The first-order chi connectivity index (χ1) is 4.86. The molecule has 1 nitrogen and oxygen atoms in total. The summed E-state index contributed by atoms with van der Waals surface area (Å²) in [7, 11) is 0. The van der Waals surface area contributed by atoms with Crippen molar-refractivity contribution in [2.75, 3.05) is 0 Å². The highest BCUT2D eigenvalue weighted by atomic mass is 16.1. The van der Waals surface area contributed by atoms with E-state index in [0.29, 0.717) is 5.92 Å². The summed E-state index contributed by atoms with van der Waals surface area (Å²) in [6, 6.07) is 0. The largest absolute Gasteiger partial charge is 0.233 e. The van der Waals surface area contributed by atoms with E-state index in [1.54, 1.807) is 0 Å². The second-order valence-corrected chi connectivity index (χ2v) is 2.52. The maximum Gasteiger partial charge on any atom is 0.127 e. The average Bonchev–Trinajstić information content (AvgIpc) is 2.05. The second-order valence-electron chi connectivity index (χ2n) is 2.52. The van der Waals surface area contributed by atoms with Crippen LogP contribution in [0.25, 0.3) is 0 Å². The first-order valence-electron chi connectivity index (χ1n) is 3.58. The Bertz CT molecular complexity index is 185. The summed E-state index contributed by atoms with van der Waals surface area (Å²) in [6.45, 7) is 2.05. The van der Waals surface area contributed by atoms with Crippen molar-refractivity contribution >= 4 is 5.94 Å². The van der Waals surface area contributed by atoms with Crippen LogP contribution in [-0.2, 0) is 4.79 Å². The topological polar surface area (TPSA) is 17.1 Å². The highest BCUT2D eigenvalue weighted by Gasteiger charge is 2.08. The molecule has 0 aromatic heterocycles. The molecule has 0 amide bonds. The molecule has 1 aliphatic carbocycles. The molecule has 0 spiro atoms. The quantitative estimate of drug-likeness (QED) is 0.502. The Labute approximate surface area is 61.4 Å². The van der Waals surface area contributed by atoms with E-state index in [4.69, 9.17) is 0 Å². The molecule has 1 atom stereocenters. The zero-order valence-corrected chi connectivity index (χ0v) is 6.13. The van der Waals surface area contributed by atoms with Crippen molar-refractivity contribution < 1.29 is 4.79 Å². The van der Waals surface area contributed by atoms with E-state index < -0.39 is 0 Å². The average molecular weight is 135 g/mol. The molecule has 1 aliphatic rings.